The highest BCUT2D eigenvalue weighted by molar-refractivity contribution is 8.05. The summed E-state index contributed by atoms with van der Waals surface area (Å²) in [7, 11) is -8.72. The lowest BCUT2D eigenvalue weighted by molar-refractivity contribution is -0.141. The lowest BCUT2D eigenvalue weighted by Gasteiger charge is -2.13. The molecule has 0 fully saturated rings. The molecule has 1 aliphatic heterocycles. The van der Waals surface area contributed by atoms with E-state index in [-0.39, 0.29) is 12.1 Å². The molecule has 1 aromatic carbocycles. The Kier molecular flexibility index (Phi) is 5.72. The Morgan fingerprint density at radius 2 is 1.71 bits per heavy atom. The number of sulfone groups is 2. The summed E-state index contributed by atoms with van der Waals surface area (Å²) in [5, 5.41) is 5.72. The number of aromatic nitrogens is 2. The summed E-state index contributed by atoms with van der Waals surface area (Å²) in [6.45, 7) is 4.39. The van der Waals surface area contributed by atoms with Crippen LogP contribution in [0.25, 0.3) is 5.69 Å². The predicted molar refractivity (Wildman–Crippen MR) is 106 cm³/mol. The van der Waals surface area contributed by atoms with E-state index in [2.05, 4.69) is 10.3 Å². The third-order valence-corrected chi connectivity index (χ3v) is 7.92. The molecule has 0 N–H and O–H groups in total. The number of hydrogen-bond acceptors (Lipinski definition) is 7. The number of rotatable bonds is 5. The van der Waals surface area contributed by atoms with Gasteiger partial charge < -0.3 is 4.84 Å². The molecule has 31 heavy (non-hydrogen) atoms. The molecule has 170 valence electrons. The minimum absolute atomic E-state index is 0.0475. The van der Waals surface area contributed by atoms with Crippen molar-refractivity contribution in [2.45, 2.75) is 49.7 Å². The molecule has 1 aromatic heterocycles. The van der Waals surface area contributed by atoms with Gasteiger partial charge in [0.2, 0.25) is 0 Å². The molecule has 0 saturated heterocycles. The van der Waals surface area contributed by atoms with Crippen LogP contribution < -0.4 is 0 Å². The van der Waals surface area contributed by atoms with Crippen molar-refractivity contribution in [2.75, 3.05) is 5.75 Å². The van der Waals surface area contributed by atoms with E-state index in [0.717, 1.165) is 0 Å². The zero-order chi connectivity index (χ0) is 23.2. The Morgan fingerprint density at radius 1 is 1.10 bits per heavy atom. The minimum atomic E-state index is -5.09. The Labute approximate surface area is 177 Å². The molecule has 0 spiro atoms. The van der Waals surface area contributed by atoms with Crippen LogP contribution in [0.15, 0.2) is 40.5 Å². The van der Waals surface area contributed by atoms with Gasteiger partial charge >= 0.3 is 6.18 Å². The lowest BCUT2D eigenvalue weighted by atomic mass is 10.1. The van der Waals surface area contributed by atoms with Crippen LogP contribution in [0.5, 0.6) is 0 Å². The number of para-hydroxylation sites is 1. The first-order chi connectivity index (χ1) is 14.2. The van der Waals surface area contributed by atoms with Gasteiger partial charge in [-0.15, -0.1) is 0 Å². The molecule has 13 heteroatoms. The average Bonchev–Trinajstić information content (AvgIpc) is 3.23. The van der Waals surface area contributed by atoms with E-state index in [4.69, 9.17) is 4.84 Å². The second kappa shape index (κ2) is 7.62. The van der Waals surface area contributed by atoms with Crippen molar-refractivity contribution in [3.63, 3.8) is 0 Å². The molecule has 0 unspecified atom stereocenters. The topological polar surface area (TPSA) is 108 Å². The van der Waals surface area contributed by atoms with Gasteiger partial charge in [-0.2, -0.15) is 18.3 Å². The van der Waals surface area contributed by atoms with Gasteiger partial charge in [-0.25, -0.2) is 21.5 Å². The first-order valence-corrected chi connectivity index (χ1v) is 12.4. The van der Waals surface area contributed by atoms with E-state index in [1.54, 1.807) is 19.9 Å². The van der Waals surface area contributed by atoms with E-state index < -0.39 is 64.3 Å². The molecule has 1 aliphatic rings. The fraction of sp³-hybridized carbons (Fsp3) is 0.444. The third kappa shape index (κ3) is 4.61. The van der Waals surface area contributed by atoms with Crippen LogP contribution in [0.3, 0.4) is 0 Å². The van der Waals surface area contributed by atoms with Crippen LogP contribution in [-0.2, 0) is 36.4 Å². The predicted octanol–water partition coefficient (Wildman–Crippen LogP) is 3.11. The van der Waals surface area contributed by atoms with Crippen LogP contribution in [-0.4, -0.2) is 43.0 Å². The molecule has 0 saturated carbocycles. The molecule has 0 atom stereocenters. The summed E-state index contributed by atoms with van der Waals surface area (Å²) in [5.41, 5.74) is -3.41. The van der Waals surface area contributed by atoms with Crippen LogP contribution in [0.4, 0.5) is 13.2 Å². The number of benzene rings is 1. The van der Waals surface area contributed by atoms with Crippen molar-refractivity contribution in [3.8, 4) is 5.69 Å². The largest absolute Gasteiger partial charge is 0.435 e. The maximum Gasteiger partial charge on any atom is 0.435 e. The summed E-state index contributed by atoms with van der Waals surface area (Å²) in [6, 6.07) is 7.33. The second-order valence-electron chi connectivity index (χ2n) is 7.55. The van der Waals surface area contributed by atoms with Crippen molar-refractivity contribution >= 4 is 24.7 Å². The van der Waals surface area contributed by atoms with Gasteiger partial charge in [0.1, 0.15) is 5.60 Å². The van der Waals surface area contributed by atoms with Crippen molar-refractivity contribution in [1.29, 1.82) is 0 Å². The highest BCUT2D eigenvalue weighted by Crippen LogP contribution is 2.37. The summed E-state index contributed by atoms with van der Waals surface area (Å²) >= 11 is 0. The SMILES string of the molecule is CCS(=O)(=O)c1c(CS(=O)(=O)C2=NOC(C)(C)C2)c(C(F)(F)F)nn1-c1ccccc1. The van der Waals surface area contributed by atoms with Gasteiger partial charge in [0.05, 0.1) is 17.2 Å². The molecule has 0 bridgehead atoms. The van der Waals surface area contributed by atoms with E-state index in [1.165, 1.54) is 31.2 Å². The Hall–Kier alpha value is -2.41. The van der Waals surface area contributed by atoms with Crippen LogP contribution in [0, 0.1) is 0 Å². The fourth-order valence-electron chi connectivity index (χ4n) is 3.04. The Balaban J connectivity index is 2.27. The average molecular weight is 480 g/mol. The molecule has 8 nitrogen and oxygen atoms in total. The zero-order valence-corrected chi connectivity index (χ0v) is 18.5. The fourth-order valence-corrected chi connectivity index (χ4v) is 5.89. The maximum absolute atomic E-state index is 13.8. The Bertz CT molecular complexity index is 1230. The first kappa shape index (κ1) is 23.3. The standard InChI is InChI=1S/C18H20F3N3O5S2/c1-4-30(25,26)16-13(11-31(27,28)14-10-17(2,3)29-23-14)15(18(19,20)21)22-24(16)12-8-6-5-7-9-12/h5-9H,4,10-11H2,1-3H3. The van der Waals surface area contributed by atoms with Gasteiger partial charge in [0, 0.05) is 12.0 Å². The first-order valence-electron chi connectivity index (χ1n) is 9.13. The highest BCUT2D eigenvalue weighted by Gasteiger charge is 2.45. The van der Waals surface area contributed by atoms with Crippen LogP contribution in [0.1, 0.15) is 38.4 Å². The lowest BCUT2D eigenvalue weighted by Crippen LogP contribution is -2.24. The number of oxime groups is 1. The summed E-state index contributed by atoms with van der Waals surface area (Å²) in [6.07, 6.45) is -5.24. The molecule has 0 amide bonds. The van der Waals surface area contributed by atoms with Gasteiger partial charge in [-0.1, -0.05) is 30.3 Å². The van der Waals surface area contributed by atoms with E-state index >= 15 is 0 Å². The molecule has 3 rings (SSSR count). The summed E-state index contributed by atoms with van der Waals surface area (Å²) < 4.78 is 93.4. The van der Waals surface area contributed by atoms with Crippen LogP contribution >= 0.6 is 0 Å². The molecule has 2 aromatic rings. The van der Waals surface area contributed by atoms with Gasteiger partial charge in [0.15, 0.2) is 35.4 Å². The summed E-state index contributed by atoms with van der Waals surface area (Å²) in [4.78, 5) is 5.02. The Morgan fingerprint density at radius 3 is 2.19 bits per heavy atom. The highest BCUT2D eigenvalue weighted by atomic mass is 32.2. The van der Waals surface area contributed by atoms with E-state index in [1.807, 2.05) is 0 Å². The van der Waals surface area contributed by atoms with Crippen molar-refractivity contribution in [1.82, 2.24) is 9.78 Å². The smallest absolute Gasteiger partial charge is 0.389 e. The van der Waals surface area contributed by atoms with Gasteiger partial charge in [0.25, 0.3) is 0 Å². The number of alkyl halides is 3. The normalized spacial score (nSPS) is 16.8. The van der Waals surface area contributed by atoms with Gasteiger partial charge in [-0.05, 0) is 26.0 Å². The zero-order valence-electron chi connectivity index (χ0n) is 16.8. The van der Waals surface area contributed by atoms with Crippen molar-refractivity contribution in [2.24, 2.45) is 5.16 Å². The quantitative estimate of drug-likeness (QED) is 0.652. The van der Waals surface area contributed by atoms with E-state index in [0.29, 0.717) is 4.68 Å². The van der Waals surface area contributed by atoms with Crippen molar-refractivity contribution in [3.05, 3.63) is 41.6 Å². The number of halogens is 3. The molecular formula is C18H20F3N3O5S2. The van der Waals surface area contributed by atoms with Crippen molar-refractivity contribution < 1.29 is 34.8 Å². The second-order valence-corrected chi connectivity index (χ2v) is 11.7. The van der Waals surface area contributed by atoms with Gasteiger partial charge in [-0.3, -0.25) is 0 Å². The monoisotopic (exact) mass is 479 g/mol. The third-order valence-electron chi connectivity index (χ3n) is 4.55. The maximum atomic E-state index is 13.8. The minimum Gasteiger partial charge on any atom is -0.389 e. The van der Waals surface area contributed by atoms with Crippen LogP contribution in [0.2, 0.25) is 0 Å². The number of hydrogen-bond donors (Lipinski definition) is 0. The molecular weight excluding hydrogens is 459 g/mol. The molecule has 0 aliphatic carbocycles. The summed E-state index contributed by atoms with van der Waals surface area (Å²) in [5.74, 6) is -1.78. The molecule has 0 radical (unpaired) electrons. The van der Waals surface area contributed by atoms with E-state index in [9.17, 15) is 30.0 Å². The molecule has 2 heterocycles. The number of nitrogens with zero attached hydrogens (tertiary/aromatic N) is 3.